The average Bonchev–Trinajstić information content (AvgIpc) is 2.26. The average molecular weight is 318 g/mol. The third-order valence-electron chi connectivity index (χ3n) is 3.29. The molecule has 0 aromatic heterocycles. The first-order chi connectivity index (χ1) is 9.12. The largest absolute Gasteiger partial charge is 0.401 e. The molecule has 1 heterocycles. The normalized spacial score (nSPS) is 22.4. The van der Waals surface area contributed by atoms with Crippen molar-refractivity contribution in [2.75, 3.05) is 45.6 Å². The Labute approximate surface area is 117 Å². The Balaban J connectivity index is 2.59. The van der Waals surface area contributed by atoms with Gasteiger partial charge >= 0.3 is 6.18 Å². The second-order valence-electron chi connectivity index (χ2n) is 5.20. The Morgan fingerprint density at radius 2 is 2.05 bits per heavy atom. The van der Waals surface area contributed by atoms with Gasteiger partial charge in [0.2, 0.25) is 10.0 Å². The molecule has 9 heteroatoms. The molecular weight excluding hydrogens is 297 g/mol. The minimum Gasteiger partial charge on any atom is -0.395 e. The lowest BCUT2D eigenvalue weighted by atomic mass is 9.99. The Morgan fingerprint density at radius 3 is 2.55 bits per heavy atom. The fourth-order valence-corrected chi connectivity index (χ4v) is 3.41. The molecule has 0 aliphatic carbocycles. The van der Waals surface area contributed by atoms with Crippen molar-refractivity contribution in [2.45, 2.75) is 19.0 Å². The van der Waals surface area contributed by atoms with Crippen LogP contribution in [0.25, 0.3) is 0 Å². The fraction of sp³-hybridized carbons (Fsp3) is 1.00. The molecule has 1 aliphatic rings. The van der Waals surface area contributed by atoms with Crippen molar-refractivity contribution in [1.29, 1.82) is 0 Å². The monoisotopic (exact) mass is 318 g/mol. The summed E-state index contributed by atoms with van der Waals surface area (Å²) < 4.78 is 61.5. The van der Waals surface area contributed by atoms with Gasteiger partial charge < -0.3 is 5.11 Å². The Kier molecular flexibility index (Phi) is 6.24. The molecule has 0 radical (unpaired) electrons. The van der Waals surface area contributed by atoms with E-state index in [-0.39, 0.29) is 32.2 Å². The van der Waals surface area contributed by atoms with E-state index in [2.05, 4.69) is 0 Å². The molecule has 20 heavy (non-hydrogen) atoms. The SMILES string of the molecule is CS(=O)(=O)N1CCCC(CN(CCO)CC(F)(F)F)C1. The quantitative estimate of drug-likeness (QED) is 0.775. The number of alkyl halides is 3. The zero-order valence-corrected chi connectivity index (χ0v) is 12.3. The molecule has 0 spiro atoms. The van der Waals surface area contributed by atoms with Gasteiger partial charge in [0.05, 0.1) is 19.4 Å². The van der Waals surface area contributed by atoms with Crippen LogP contribution in [0.5, 0.6) is 0 Å². The second-order valence-corrected chi connectivity index (χ2v) is 7.19. The number of rotatable bonds is 6. The summed E-state index contributed by atoms with van der Waals surface area (Å²) in [7, 11) is -3.30. The van der Waals surface area contributed by atoms with Crippen LogP contribution in [0, 0.1) is 5.92 Å². The lowest BCUT2D eigenvalue weighted by Gasteiger charge is -2.34. The molecule has 120 valence electrons. The van der Waals surface area contributed by atoms with Crippen molar-refractivity contribution in [1.82, 2.24) is 9.21 Å². The minimum absolute atomic E-state index is 0.0606. The van der Waals surface area contributed by atoms with Crippen LogP contribution in [0.15, 0.2) is 0 Å². The van der Waals surface area contributed by atoms with Gasteiger partial charge in [-0.3, -0.25) is 4.90 Å². The number of sulfonamides is 1. The van der Waals surface area contributed by atoms with Crippen molar-refractivity contribution in [3.8, 4) is 0 Å². The molecule has 1 fully saturated rings. The first kappa shape index (κ1) is 17.7. The van der Waals surface area contributed by atoms with E-state index in [1.165, 1.54) is 4.31 Å². The predicted molar refractivity (Wildman–Crippen MR) is 68.7 cm³/mol. The summed E-state index contributed by atoms with van der Waals surface area (Å²) in [5, 5.41) is 8.83. The van der Waals surface area contributed by atoms with Crippen LogP contribution in [0.1, 0.15) is 12.8 Å². The van der Waals surface area contributed by atoms with Crippen LogP contribution >= 0.6 is 0 Å². The topological polar surface area (TPSA) is 60.9 Å². The summed E-state index contributed by atoms with van der Waals surface area (Å²) in [5.74, 6) is -0.132. The standard InChI is InChI=1S/C11H21F3N2O3S/c1-20(18,19)16-4-2-3-10(8-16)7-15(5-6-17)9-11(12,13)14/h10,17H,2-9H2,1H3. The highest BCUT2D eigenvalue weighted by Crippen LogP contribution is 2.22. The molecule has 0 amide bonds. The summed E-state index contributed by atoms with van der Waals surface area (Å²) >= 11 is 0. The zero-order chi connectivity index (χ0) is 15.4. The van der Waals surface area contributed by atoms with E-state index in [1.807, 2.05) is 0 Å². The van der Waals surface area contributed by atoms with E-state index < -0.39 is 22.7 Å². The van der Waals surface area contributed by atoms with Crippen molar-refractivity contribution in [2.24, 2.45) is 5.92 Å². The lowest BCUT2D eigenvalue weighted by Crippen LogP contribution is -2.45. The van der Waals surface area contributed by atoms with E-state index in [0.29, 0.717) is 19.4 Å². The molecule has 1 saturated heterocycles. The molecule has 1 atom stereocenters. The maximum absolute atomic E-state index is 12.4. The van der Waals surface area contributed by atoms with E-state index in [0.717, 1.165) is 11.2 Å². The molecule has 1 aliphatic heterocycles. The number of hydrogen-bond acceptors (Lipinski definition) is 4. The molecule has 0 saturated carbocycles. The van der Waals surface area contributed by atoms with Crippen molar-refractivity contribution in [3.63, 3.8) is 0 Å². The maximum Gasteiger partial charge on any atom is 0.401 e. The summed E-state index contributed by atoms with van der Waals surface area (Å²) in [4.78, 5) is 1.14. The van der Waals surface area contributed by atoms with Gasteiger partial charge in [-0.2, -0.15) is 13.2 Å². The maximum atomic E-state index is 12.4. The molecule has 0 aromatic rings. The van der Waals surface area contributed by atoms with E-state index in [9.17, 15) is 21.6 Å². The van der Waals surface area contributed by atoms with Gasteiger partial charge in [-0.25, -0.2) is 12.7 Å². The van der Waals surface area contributed by atoms with Gasteiger partial charge in [-0.1, -0.05) is 0 Å². The zero-order valence-electron chi connectivity index (χ0n) is 11.4. The molecule has 5 nitrogen and oxygen atoms in total. The summed E-state index contributed by atoms with van der Waals surface area (Å²) in [6, 6.07) is 0. The smallest absolute Gasteiger partial charge is 0.395 e. The number of hydrogen-bond donors (Lipinski definition) is 1. The van der Waals surface area contributed by atoms with Crippen molar-refractivity contribution >= 4 is 10.0 Å². The molecule has 1 rings (SSSR count). The third-order valence-corrected chi connectivity index (χ3v) is 4.56. The van der Waals surface area contributed by atoms with E-state index in [4.69, 9.17) is 5.11 Å². The van der Waals surface area contributed by atoms with Crippen LogP contribution in [-0.2, 0) is 10.0 Å². The molecule has 1 unspecified atom stereocenters. The van der Waals surface area contributed by atoms with Crippen LogP contribution in [0.4, 0.5) is 13.2 Å². The van der Waals surface area contributed by atoms with Gasteiger partial charge in [0.15, 0.2) is 0 Å². The minimum atomic E-state index is -4.32. The highest BCUT2D eigenvalue weighted by Gasteiger charge is 2.33. The van der Waals surface area contributed by atoms with Crippen molar-refractivity contribution < 1.29 is 26.7 Å². The van der Waals surface area contributed by atoms with E-state index in [1.54, 1.807) is 0 Å². The van der Waals surface area contributed by atoms with Gasteiger partial charge in [0.25, 0.3) is 0 Å². The number of piperidine rings is 1. The van der Waals surface area contributed by atoms with Gasteiger partial charge in [-0.05, 0) is 18.8 Å². The van der Waals surface area contributed by atoms with Gasteiger partial charge in [0, 0.05) is 26.2 Å². The number of nitrogens with zero attached hydrogens (tertiary/aromatic N) is 2. The Bertz CT molecular complexity index is 400. The first-order valence-corrected chi connectivity index (χ1v) is 8.32. The van der Waals surface area contributed by atoms with Crippen LogP contribution in [0.3, 0.4) is 0 Å². The third kappa shape index (κ3) is 6.38. The van der Waals surface area contributed by atoms with Gasteiger partial charge in [0.1, 0.15) is 0 Å². The lowest BCUT2D eigenvalue weighted by molar-refractivity contribution is -0.148. The highest BCUT2D eigenvalue weighted by molar-refractivity contribution is 7.88. The highest BCUT2D eigenvalue weighted by atomic mass is 32.2. The Morgan fingerprint density at radius 1 is 1.40 bits per heavy atom. The van der Waals surface area contributed by atoms with Crippen LogP contribution in [-0.4, -0.2) is 74.5 Å². The summed E-state index contributed by atoms with van der Waals surface area (Å²) in [6.45, 7) is -0.671. The van der Waals surface area contributed by atoms with E-state index >= 15 is 0 Å². The number of aliphatic hydroxyl groups excluding tert-OH is 1. The molecule has 1 N–H and O–H groups in total. The van der Waals surface area contributed by atoms with Crippen molar-refractivity contribution in [3.05, 3.63) is 0 Å². The first-order valence-electron chi connectivity index (χ1n) is 6.47. The molecule has 0 aromatic carbocycles. The number of aliphatic hydroxyl groups is 1. The second kappa shape index (κ2) is 7.06. The summed E-state index contributed by atoms with van der Waals surface area (Å²) in [6.07, 6.45) is -1.86. The van der Waals surface area contributed by atoms with Crippen LogP contribution in [0.2, 0.25) is 0 Å². The molecule has 0 bridgehead atoms. The predicted octanol–water partition coefficient (Wildman–Crippen LogP) is 0.515. The van der Waals surface area contributed by atoms with Gasteiger partial charge in [-0.15, -0.1) is 0 Å². The summed E-state index contributed by atoms with van der Waals surface area (Å²) in [5.41, 5.74) is 0. The van der Waals surface area contributed by atoms with Crippen LogP contribution < -0.4 is 0 Å². The number of halogens is 3. The molecular formula is C11H21F3N2O3S. The fourth-order valence-electron chi connectivity index (χ4n) is 2.47. The Hall–Kier alpha value is -0.380.